The van der Waals surface area contributed by atoms with Gasteiger partial charge in [0.1, 0.15) is 5.58 Å². The van der Waals surface area contributed by atoms with E-state index < -0.39 is 0 Å². The molecular formula is C11H12ClNO. The number of hydrogen-bond acceptors (Lipinski definition) is 2. The topological polar surface area (TPSA) is 25.2 Å². The van der Waals surface area contributed by atoms with Crippen LogP contribution in [0.3, 0.4) is 0 Å². The summed E-state index contributed by atoms with van der Waals surface area (Å²) >= 11 is 5.92. The molecule has 0 aliphatic heterocycles. The number of hydrogen-bond donors (Lipinski definition) is 1. The summed E-state index contributed by atoms with van der Waals surface area (Å²) in [6.45, 7) is 0.946. The van der Waals surface area contributed by atoms with E-state index in [0.717, 1.165) is 29.0 Å². The monoisotopic (exact) mass is 209 g/mol. The Morgan fingerprint density at radius 2 is 2.29 bits per heavy atom. The first kappa shape index (κ1) is 9.56. The molecule has 2 aromatic rings. The van der Waals surface area contributed by atoms with Crippen molar-refractivity contribution >= 4 is 22.6 Å². The Hall–Kier alpha value is -0.990. The van der Waals surface area contributed by atoms with Gasteiger partial charge in [-0.1, -0.05) is 11.6 Å². The first-order valence-corrected chi connectivity index (χ1v) is 4.99. The van der Waals surface area contributed by atoms with Crippen LogP contribution in [0.5, 0.6) is 0 Å². The van der Waals surface area contributed by atoms with Crippen molar-refractivity contribution in [1.82, 2.24) is 5.32 Å². The van der Waals surface area contributed by atoms with Crippen LogP contribution in [0.1, 0.15) is 5.56 Å². The van der Waals surface area contributed by atoms with E-state index in [1.165, 1.54) is 5.56 Å². The molecule has 2 nitrogen and oxygen atoms in total. The lowest BCUT2D eigenvalue weighted by Crippen LogP contribution is -2.09. The molecule has 0 radical (unpaired) electrons. The molecule has 1 N–H and O–H groups in total. The molecule has 14 heavy (non-hydrogen) atoms. The highest BCUT2D eigenvalue weighted by molar-refractivity contribution is 6.31. The minimum absolute atomic E-state index is 0.754. The minimum atomic E-state index is 0.754. The summed E-state index contributed by atoms with van der Waals surface area (Å²) in [5.41, 5.74) is 2.11. The number of rotatable bonds is 3. The van der Waals surface area contributed by atoms with E-state index in [1.807, 2.05) is 25.2 Å². The summed E-state index contributed by atoms with van der Waals surface area (Å²) in [6.07, 6.45) is 2.77. The van der Waals surface area contributed by atoms with Gasteiger partial charge in [0.15, 0.2) is 0 Å². The van der Waals surface area contributed by atoms with E-state index in [1.54, 1.807) is 6.26 Å². The van der Waals surface area contributed by atoms with Crippen LogP contribution in [0.25, 0.3) is 11.0 Å². The highest BCUT2D eigenvalue weighted by atomic mass is 35.5. The highest BCUT2D eigenvalue weighted by Crippen LogP contribution is 2.24. The molecule has 0 aliphatic rings. The number of benzene rings is 1. The number of fused-ring (bicyclic) bond motifs is 1. The quantitative estimate of drug-likeness (QED) is 0.841. The van der Waals surface area contributed by atoms with Crippen molar-refractivity contribution < 1.29 is 4.42 Å². The summed E-state index contributed by atoms with van der Waals surface area (Å²) in [7, 11) is 1.94. The largest absolute Gasteiger partial charge is 0.464 e. The molecule has 0 unspecified atom stereocenters. The van der Waals surface area contributed by atoms with Crippen molar-refractivity contribution in [3.63, 3.8) is 0 Å². The van der Waals surface area contributed by atoms with E-state index in [9.17, 15) is 0 Å². The number of furan rings is 1. The average molecular weight is 210 g/mol. The van der Waals surface area contributed by atoms with Crippen molar-refractivity contribution in [3.05, 3.63) is 35.0 Å². The van der Waals surface area contributed by atoms with Gasteiger partial charge in [0.25, 0.3) is 0 Å². The van der Waals surface area contributed by atoms with Gasteiger partial charge in [-0.25, -0.2) is 0 Å². The fourth-order valence-electron chi connectivity index (χ4n) is 1.51. The van der Waals surface area contributed by atoms with Crippen LogP contribution < -0.4 is 5.32 Å². The van der Waals surface area contributed by atoms with E-state index in [0.29, 0.717) is 0 Å². The summed E-state index contributed by atoms with van der Waals surface area (Å²) in [5, 5.41) is 4.98. The molecule has 1 aromatic carbocycles. The third-order valence-corrected chi connectivity index (χ3v) is 2.50. The zero-order valence-corrected chi connectivity index (χ0v) is 8.77. The van der Waals surface area contributed by atoms with Crippen LogP contribution in [0.15, 0.2) is 28.9 Å². The lowest BCUT2D eigenvalue weighted by atomic mass is 10.1. The second-order valence-corrected chi connectivity index (χ2v) is 3.69. The standard InChI is InChI=1S/C11H12ClNO/c1-13-5-4-8-7-14-11-3-2-9(12)6-10(8)11/h2-3,6-7,13H,4-5H2,1H3. The molecular weight excluding hydrogens is 198 g/mol. The number of likely N-dealkylation sites (N-methyl/N-ethyl adjacent to an activating group) is 1. The first-order chi connectivity index (χ1) is 6.81. The lowest BCUT2D eigenvalue weighted by Gasteiger charge is -1.97. The van der Waals surface area contributed by atoms with E-state index in [2.05, 4.69) is 5.32 Å². The molecule has 0 saturated carbocycles. The molecule has 1 aromatic heterocycles. The van der Waals surface area contributed by atoms with Gasteiger partial charge in [-0.05, 0) is 43.8 Å². The molecule has 2 rings (SSSR count). The highest BCUT2D eigenvalue weighted by Gasteiger charge is 2.05. The van der Waals surface area contributed by atoms with Gasteiger partial charge in [0.2, 0.25) is 0 Å². The Kier molecular flexibility index (Phi) is 2.75. The summed E-state index contributed by atoms with van der Waals surface area (Å²) in [5.74, 6) is 0. The number of halogens is 1. The lowest BCUT2D eigenvalue weighted by molar-refractivity contribution is 0.609. The Morgan fingerprint density at radius 1 is 1.43 bits per heavy atom. The van der Waals surface area contributed by atoms with E-state index in [4.69, 9.17) is 16.0 Å². The van der Waals surface area contributed by atoms with E-state index in [-0.39, 0.29) is 0 Å². The maximum Gasteiger partial charge on any atom is 0.134 e. The second-order valence-electron chi connectivity index (χ2n) is 3.25. The third-order valence-electron chi connectivity index (χ3n) is 2.26. The van der Waals surface area contributed by atoms with Crippen LogP contribution >= 0.6 is 11.6 Å². The van der Waals surface area contributed by atoms with Crippen LogP contribution in [-0.2, 0) is 6.42 Å². The number of nitrogens with one attached hydrogen (secondary N) is 1. The molecule has 0 amide bonds. The van der Waals surface area contributed by atoms with E-state index >= 15 is 0 Å². The van der Waals surface area contributed by atoms with Gasteiger partial charge >= 0.3 is 0 Å². The average Bonchev–Trinajstić information content (AvgIpc) is 2.57. The molecule has 0 fully saturated rings. The first-order valence-electron chi connectivity index (χ1n) is 4.61. The molecule has 0 aliphatic carbocycles. The van der Waals surface area contributed by atoms with Gasteiger partial charge in [-0.3, -0.25) is 0 Å². The normalized spacial score (nSPS) is 11.0. The third kappa shape index (κ3) is 1.76. The summed E-state index contributed by atoms with van der Waals surface area (Å²) in [6, 6.07) is 5.70. The molecule has 0 spiro atoms. The zero-order valence-electron chi connectivity index (χ0n) is 8.01. The SMILES string of the molecule is CNCCc1coc2ccc(Cl)cc12. The maximum absolute atomic E-state index is 5.92. The fourth-order valence-corrected chi connectivity index (χ4v) is 1.68. The van der Waals surface area contributed by atoms with Crippen molar-refractivity contribution in [2.24, 2.45) is 0 Å². The molecule has 0 atom stereocenters. The van der Waals surface area contributed by atoms with Crippen molar-refractivity contribution in [2.45, 2.75) is 6.42 Å². The predicted molar refractivity (Wildman–Crippen MR) is 58.9 cm³/mol. The fraction of sp³-hybridized carbons (Fsp3) is 0.273. The smallest absolute Gasteiger partial charge is 0.134 e. The van der Waals surface area contributed by atoms with Gasteiger partial charge in [0, 0.05) is 10.4 Å². The second kappa shape index (κ2) is 4.03. The Balaban J connectivity index is 2.40. The Bertz CT molecular complexity index is 436. The van der Waals surface area contributed by atoms with Gasteiger partial charge in [-0.15, -0.1) is 0 Å². The predicted octanol–water partition coefficient (Wildman–Crippen LogP) is 2.85. The summed E-state index contributed by atoms with van der Waals surface area (Å²) in [4.78, 5) is 0. The van der Waals surface area contributed by atoms with Gasteiger partial charge in [-0.2, -0.15) is 0 Å². The minimum Gasteiger partial charge on any atom is -0.464 e. The van der Waals surface area contributed by atoms with Crippen LogP contribution in [-0.4, -0.2) is 13.6 Å². The molecule has 0 bridgehead atoms. The van der Waals surface area contributed by atoms with Crippen molar-refractivity contribution in [3.8, 4) is 0 Å². The molecule has 3 heteroatoms. The Labute approximate surface area is 87.9 Å². The molecule has 0 saturated heterocycles. The van der Waals surface area contributed by atoms with Crippen molar-refractivity contribution in [2.75, 3.05) is 13.6 Å². The summed E-state index contributed by atoms with van der Waals surface area (Å²) < 4.78 is 5.41. The molecule has 1 heterocycles. The van der Waals surface area contributed by atoms with Crippen molar-refractivity contribution in [1.29, 1.82) is 0 Å². The van der Waals surface area contributed by atoms with Crippen LogP contribution in [0, 0.1) is 0 Å². The Morgan fingerprint density at radius 3 is 3.07 bits per heavy atom. The molecule has 74 valence electrons. The van der Waals surface area contributed by atoms with Gasteiger partial charge < -0.3 is 9.73 Å². The van der Waals surface area contributed by atoms with Gasteiger partial charge in [0.05, 0.1) is 6.26 Å². The van der Waals surface area contributed by atoms with Crippen LogP contribution in [0.4, 0.5) is 0 Å². The van der Waals surface area contributed by atoms with Crippen LogP contribution in [0.2, 0.25) is 5.02 Å². The zero-order chi connectivity index (χ0) is 9.97. The maximum atomic E-state index is 5.92.